The number of methoxy groups -OCH3 is 2. The van der Waals surface area contributed by atoms with E-state index in [0.717, 1.165) is 63.2 Å². The number of nitrogens with zero attached hydrogens (tertiary/aromatic N) is 2. The SMILES string of the molecule is COCc1cc(CN2CCC(N3CCCC3=O)CC2)ccc1OC. The van der Waals surface area contributed by atoms with Gasteiger partial charge >= 0.3 is 0 Å². The Morgan fingerprint density at radius 3 is 2.58 bits per heavy atom. The summed E-state index contributed by atoms with van der Waals surface area (Å²) in [6.45, 7) is 4.58. The summed E-state index contributed by atoms with van der Waals surface area (Å²) in [4.78, 5) is 16.5. The van der Waals surface area contributed by atoms with E-state index in [0.29, 0.717) is 18.6 Å². The fourth-order valence-electron chi connectivity index (χ4n) is 3.90. The molecular formula is C19H28N2O3. The average molecular weight is 332 g/mol. The molecule has 0 saturated carbocycles. The zero-order valence-corrected chi connectivity index (χ0v) is 14.8. The molecule has 1 amide bonds. The topological polar surface area (TPSA) is 42.0 Å². The summed E-state index contributed by atoms with van der Waals surface area (Å²) in [5, 5.41) is 0. The van der Waals surface area contributed by atoms with Crippen molar-refractivity contribution >= 4 is 5.91 Å². The fourth-order valence-corrected chi connectivity index (χ4v) is 3.90. The minimum Gasteiger partial charge on any atom is -0.496 e. The summed E-state index contributed by atoms with van der Waals surface area (Å²) in [5.41, 5.74) is 2.38. The summed E-state index contributed by atoms with van der Waals surface area (Å²) in [5.74, 6) is 1.24. The molecule has 2 fully saturated rings. The Morgan fingerprint density at radius 2 is 1.96 bits per heavy atom. The second-order valence-corrected chi connectivity index (χ2v) is 6.78. The fraction of sp³-hybridized carbons (Fsp3) is 0.632. The highest BCUT2D eigenvalue weighted by Crippen LogP contribution is 2.25. The Kier molecular flexibility index (Phi) is 5.74. The lowest BCUT2D eigenvalue weighted by Gasteiger charge is -2.36. The van der Waals surface area contributed by atoms with Crippen LogP contribution in [0, 0.1) is 0 Å². The van der Waals surface area contributed by atoms with Gasteiger partial charge in [0.25, 0.3) is 0 Å². The first-order chi connectivity index (χ1) is 11.7. The molecule has 1 aromatic rings. The normalized spacial score (nSPS) is 19.9. The highest BCUT2D eigenvalue weighted by molar-refractivity contribution is 5.78. The molecular weight excluding hydrogens is 304 g/mol. The second kappa shape index (κ2) is 7.99. The Labute approximate surface area is 144 Å². The predicted octanol–water partition coefficient (Wildman–Crippen LogP) is 2.43. The first-order valence-electron chi connectivity index (χ1n) is 8.88. The van der Waals surface area contributed by atoms with Crippen LogP contribution in [0.3, 0.4) is 0 Å². The maximum Gasteiger partial charge on any atom is 0.222 e. The minimum atomic E-state index is 0.354. The number of ether oxygens (including phenoxy) is 2. The molecule has 24 heavy (non-hydrogen) atoms. The molecule has 2 heterocycles. The van der Waals surface area contributed by atoms with Gasteiger partial charge in [0.15, 0.2) is 0 Å². The number of amides is 1. The van der Waals surface area contributed by atoms with E-state index in [-0.39, 0.29) is 0 Å². The minimum absolute atomic E-state index is 0.354. The van der Waals surface area contributed by atoms with Crippen LogP contribution in [0.5, 0.6) is 5.75 Å². The van der Waals surface area contributed by atoms with Gasteiger partial charge in [-0.05, 0) is 37.0 Å². The van der Waals surface area contributed by atoms with Gasteiger partial charge in [0.1, 0.15) is 5.75 Å². The Hall–Kier alpha value is -1.59. The summed E-state index contributed by atoms with van der Waals surface area (Å²) in [6.07, 6.45) is 3.96. The number of hydrogen-bond acceptors (Lipinski definition) is 4. The van der Waals surface area contributed by atoms with Crippen molar-refractivity contribution in [2.45, 2.75) is 44.9 Å². The van der Waals surface area contributed by atoms with E-state index in [1.807, 2.05) is 6.07 Å². The molecule has 0 atom stereocenters. The molecule has 0 spiro atoms. The number of rotatable bonds is 6. The molecule has 2 saturated heterocycles. The highest BCUT2D eigenvalue weighted by atomic mass is 16.5. The largest absolute Gasteiger partial charge is 0.496 e. The number of piperidine rings is 1. The van der Waals surface area contributed by atoms with Gasteiger partial charge in [-0.2, -0.15) is 0 Å². The number of carbonyl (C=O) groups excluding carboxylic acids is 1. The lowest BCUT2D eigenvalue weighted by Crippen LogP contribution is -2.45. The van der Waals surface area contributed by atoms with Gasteiger partial charge in [-0.25, -0.2) is 0 Å². The van der Waals surface area contributed by atoms with Crippen LogP contribution >= 0.6 is 0 Å². The van der Waals surface area contributed by atoms with Crippen LogP contribution in [0.15, 0.2) is 18.2 Å². The summed E-state index contributed by atoms with van der Waals surface area (Å²) < 4.78 is 10.7. The molecule has 0 N–H and O–H groups in total. The Bertz CT molecular complexity index is 568. The molecule has 0 bridgehead atoms. The van der Waals surface area contributed by atoms with E-state index in [1.54, 1.807) is 14.2 Å². The highest BCUT2D eigenvalue weighted by Gasteiger charge is 2.30. The Balaban J connectivity index is 1.56. The van der Waals surface area contributed by atoms with Crippen molar-refractivity contribution in [1.82, 2.24) is 9.80 Å². The molecule has 132 valence electrons. The van der Waals surface area contributed by atoms with Crippen LogP contribution in [-0.2, 0) is 22.7 Å². The zero-order chi connectivity index (χ0) is 16.9. The quantitative estimate of drug-likeness (QED) is 0.802. The van der Waals surface area contributed by atoms with E-state index in [4.69, 9.17) is 9.47 Å². The van der Waals surface area contributed by atoms with Crippen LogP contribution < -0.4 is 4.74 Å². The molecule has 0 unspecified atom stereocenters. The van der Waals surface area contributed by atoms with Crippen molar-refractivity contribution in [3.63, 3.8) is 0 Å². The van der Waals surface area contributed by atoms with Crippen molar-refractivity contribution in [1.29, 1.82) is 0 Å². The first-order valence-corrected chi connectivity index (χ1v) is 8.88. The van der Waals surface area contributed by atoms with E-state index in [1.165, 1.54) is 5.56 Å². The van der Waals surface area contributed by atoms with Gasteiger partial charge in [0.2, 0.25) is 5.91 Å². The molecule has 1 aromatic carbocycles. The maximum absolute atomic E-state index is 11.9. The van der Waals surface area contributed by atoms with E-state index >= 15 is 0 Å². The van der Waals surface area contributed by atoms with Crippen LogP contribution in [0.2, 0.25) is 0 Å². The monoisotopic (exact) mass is 332 g/mol. The first kappa shape index (κ1) is 17.2. The van der Waals surface area contributed by atoms with Crippen molar-refractivity contribution < 1.29 is 14.3 Å². The molecule has 0 radical (unpaired) electrons. The predicted molar refractivity (Wildman–Crippen MR) is 93.0 cm³/mol. The van der Waals surface area contributed by atoms with Crippen LogP contribution in [0.25, 0.3) is 0 Å². The molecule has 0 aromatic heterocycles. The molecule has 2 aliphatic rings. The standard InChI is InChI=1S/C19H28N2O3/c1-23-14-16-12-15(5-6-18(16)24-2)13-20-10-7-17(8-11-20)21-9-3-4-19(21)22/h5-6,12,17H,3-4,7-11,13-14H2,1-2H3. The molecule has 2 aliphatic heterocycles. The smallest absolute Gasteiger partial charge is 0.222 e. The lowest BCUT2D eigenvalue weighted by atomic mass is 10.0. The third-order valence-corrected chi connectivity index (χ3v) is 5.16. The molecule has 5 nitrogen and oxygen atoms in total. The average Bonchev–Trinajstić information content (AvgIpc) is 3.02. The van der Waals surface area contributed by atoms with Crippen molar-refractivity contribution in [3.8, 4) is 5.75 Å². The van der Waals surface area contributed by atoms with Gasteiger partial charge in [-0.15, -0.1) is 0 Å². The number of benzene rings is 1. The lowest BCUT2D eigenvalue weighted by molar-refractivity contribution is -0.130. The molecule has 0 aliphatic carbocycles. The third kappa shape index (κ3) is 3.90. The van der Waals surface area contributed by atoms with Gasteiger partial charge < -0.3 is 14.4 Å². The van der Waals surface area contributed by atoms with E-state index in [9.17, 15) is 4.79 Å². The second-order valence-electron chi connectivity index (χ2n) is 6.78. The van der Waals surface area contributed by atoms with Crippen LogP contribution in [0.4, 0.5) is 0 Å². The summed E-state index contributed by atoms with van der Waals surface area (Å²) in [6, 6.07) is 6.79. The maximum atomic E-state index is 11.9. The van der Waals surface area contributed by atoms with Gasteiger partial charge in [0, 0.05) is 51.3 Å². The van der Waals surface area contributed by atoms with Gasteiger partial charge in [-0.3, -0.25) is 9.69 Å². The van der Waals surface area contributed by atoms with Gasteiger partial charge in [-0.1, -0.05) is 6.07 Å². The molecule has 3 rings (SSSR count). The van der Waals surface area contributed by atoms with E-state index in [2.05, 4.69) is 21.9 Å². The van der Waals surface area contributed by atoms with Crippen LogP contribution in [-0.4, -0.2) is 55.6 Å². The van der Waals surface area contributed by atoms with Crippen LogP contribution in [0.1, 0.15) is 36.8 Å². The number of likely N-dealkylation sites (tertiary alicyclic amines) is 2. The van der Waals surface area contributed by atoms with Crippen molar-refractivity contribution in [2.75, 3.05) is 33.9 Å². The summed E-state index contributed by atoms with van der Waals surface area (Å²) >= 11 is 0. The van der Waals surface area contributed by atoms with Crippen molar-refractivity contribution in [2.24, 2.45) is 0 Å². The number of hydrogen-bond donors (Lipinski definition) is 0. The van der Waals surface area contributed by atoms with E-state index < -0.39 is 0 Å². The Morgan fingerprint density at radius 1 is 1.17 bits per heavy atom. The van der Waals surface area contributed by atoms with Gasteiger partial charge in [0.05, 0.1) is 13.7 Å². The van der Waals surface area contributed by atoms with Crippen molar-refractivity contribution in [3.05, 3.63) is 29.3 Å². The summed E-state index contributed by atoms with van der Waals surface area (Å²) in [7, 11) is 3.40. The zero-order valence-electron chi connectivity index (χ0n) is 14.8. The molecule has 5 heteroatoms. The number of carbonyl (C=O) groups is 1. The third-order valence-electron chi connectivity index (χ3n) is 5.16.